The number of anilines is 2. The van der Waals surface area contributed by atoms with Gasteiger partial charge in [0.05, 0.1) is 21.6 Å². The molecule has 0 N–H and O–H groups in total. The van der Waals surface area contributed by atoms with Gasteiger partial charge in [0, 0.05) is 19.3 Å². The monoisotopic (exact) mass is 455 g/mol. The Morgan fingerprint density at radius 3 is 2.41 bits per heavy atom. The van der Waals surface area contributed by atoms with Crippen LogP contribution in [0, 0.1) is 0 Å². The maximum Gasteiger partial charge on any atom is 0.387 e. The Bertz CT molecular complexity index is 1420. The lowest BCUT2D eigenvalue weighted by atomic mass is 10.1. The summed E-state index contributed by atoms with van der Waals surface area (Å²) in [4.78, 5) is 6.90. The van der Waals surface area contributed by atoms with Crippen LogP contribution < -0.4 is 9.64 Å². The van der Waals surface area contributed by atoms with Crippen molar-refractivity contribution in [1.29, 1.82) is 0 Å². The number of hydrogen-bond donors (Lipinski definition) is 0. The molecular weight excluding hydrogens is 436 g/mol. The van der Waals surface area contributed by atoms with Crippen molar-refractivity contribution in [2.45, 2.75) is 18.1 Å². The third-order valence-electron chi connectivity index (χ3n) is 5.50. The van der Waals surface area contributed by atoms with Crippen molar-refractivity contribution in [3.05, 3.63) is 66.7 Å². The average Bonchev–Trinajstić information content (AvgIpc) is 3.32. The van der Waals surface area contributed by atoms with Gasteiger partial charge in [0.2, 0.25) is 5.95 Å². The van der Waals surface area contributed by atoms with Gasteiger partial charge in [-0.15, -0.1) is 0 Å². The predicted octanol–water partition coefficient (Wildman–Crippen LogP) is 4.86. The molecule has 1 aliphatic heterocycles. The topological polar surface area (TPSA) is 64.4 Å². The molecule has 164 valence electrons. The Morgan fingerprint density at radius 2 is 1.69 bits per heavy atom. The molecule has 0 amide bonds. The van der Waals surface area contributed by atoms with Crippen LogP contribution >= 0.6 is 0 Å². The molecule has 32 heavy (non-hydrogen) atoms. The number of ether oxygens (including phenoxy) is 1. The van der Waals surface area contributed by atoms with Gasteiger partial charge in [0.25, 0.3) is 0 Å². The number of para-hydroxylation sites is 2. The van der Waals surface area contributed by atoms with Crippen LogP contribution in [0.25, 0.3) is 22.2 Å². The zero-order valence-corrected chi connectivity index (χ0v) is 17.9. The number of imidazole rings is 1. The fraction of sp³-hybridized carbons (Fsp3) is 0.174. The van der Waals surface area contributed by atoms with Crippen LogP contribution in [0.4, 0.5) is 20.4 Å². The van der Waals surface area contributed by atoms with Crippen molar-refractivity contribution in [1.82, 2.24) is 9.55 Å². The molecular formula is C23H19F2N3O3S. The number of sulfone groups is 1. The van der Waals surface area contributed by atoms with Crippen molar-refractivity contribution < 1.29 is 21.9 Å². The minimum Gasteiger partial charge on any atom is -0.433 e. The first kappa shape index (κ1) is 20.4. The summed E-state index contributed by atoms with van der Waals surface area (Å²) in [6.45, 7) is -1.65. The number of nitrogens with zero attached hydrogens (tertiary/aromatic N) is 3. The first-order valence-corrected chi connectivity index (χ1v) is 11.8. The van der Waals surface area contributed by atoms with E-state index in [1.807, 2.05) is 27.7 Å². The lowest BCUT2D eigenvalue weighted by Crippen LogP contribution is -2.16. The maximum absolute atomic E-state index is 12.9. The van der Waals surface area contributed by atoms with Gasteiger partial charge in [-0.1, -0.05) is 30.3 Å². The lowest BCUT2D eigenvalue weighted by Gasteiger charge is -2.19. The average molecular weight is 455 g/mol. The zero-order valence-electron chi connectivity index (χ0n) is 17.1. The van der Waals surface area contributed by atoms with E-state index in [1.165, 1.54) is 12.3 Å². The summed E-state index contributed by atoms with van der Waals surface area (Å²) in [5.74, 6) is 0.768. The molecule has 5 rings (SSSR count). The van der Waals surface area contributed by atoms with Gasteiger partial charge >= 0.3 is 6.61 Å². The normalized spacial score (nSPS) is 13.7. The third kappa shape index (κ3) is 3.58. The Hall–Kier alpha value is -3.46. The molecule has 0 spiro atoms. The molecule has 0 radical (unpaired) electrons. The highest BCUT2D eigenvalue weighted by Gasteiger charge is 2.27. The molecule has 9 heteroatoms. The third-order valence-corrected chi connectivity index (χ3v) is 6.63. The summed E-state index contributed by atoms with van der Waals surface area (Å²) in [5, 5.41) is 0. The molecule has 0 fully saturated rings. The van der Waals surface area contributed by atoms with Crippen LogP contribution in [0.5, 0.6) is 5.75 Å². The second-order valence-corrected chi connectivity index (χ2v) is 9.58. The Kier molecular flexibility index (Phi) is 4.85. The van der Waals surface area contributed by atoms with Crippen LogP contribution in [-0.4, -0.2) is 37.4 Å². The van der Waals surface area contributed by atoms with Crippen LogP contribution in [0.1, 0.15) is 0 Å². The van der Waals surface area contributed by atoms with Gasteiger partial charge < -0.3 is 14.2 Å². The predicted molar refractivity (Wildman–Crippen MR) is 118 cm³/mol. The highest BCUT2D eigenvalue weighted by atomic mass is 32.2. The van der Waals surface area contributed by atoms with E-state index in [0.29, 0.717) is 24.7 Å². The molecule has 0 saturated carbocycles. The van der Waals surface area contributed by atoms with Crippen molar-refractivity contribution in [2.24, 2.45) is 0 Å². The van der Waals surface area contributed by atoms with E-state index in [-0.39, 0.29) is 10.6 Å². The molecule has 0 unspecified atom stereocenters. The molecule has 0 bridgehead atoms. The van der Waals surface area contributed by atoms with Crippen molar-refractivity contribution in [2.75, 3.05) is 17.7 Å². The van der Waals surface area contributed by atoms with Gasteiger partial charge in [-0.3, -0.25) is 0 Å². The highest BCUT2D eigenvalue weighted by molar-refractivity contribution is 7.90. The van der Waals surface area contributed by atoms with Gasteiger partial charge in [0.15, 0.2) is 9.84 Å². The molecule has 4 aromatic rings. The largest absolute Gasteiger partial charge is 0.433 e. The number of alkyl halides is 2. The molecule has 1 aromatic heterocycles. The van der Waals surface area contributed by atoms with Gasteiger partial charge in [0.1, 0.15) is 5.75 Å². The quantitative estimate of drug-likeness (QED) is 0.430. The summed E-state index contributed by atoms with van der Waals surface area (Å²) >= 11 is 0. The maximum atomic E-state index is 12.9. The number of benzene rings is 3. The SMILES string of the molecule is CS(=O)(=O)c1ccc(-c2ccc3c(c2)nc2n3CCN2c2ccccc2OC(F)F)cc1. The van der Waals surface area contributed by atoms with Crippen LogP contribution in [0.2, 0.25) is 0 Å². The summed E-state index contributed by atoms with van der Waals surface area (Å²) in [7, 11) is -3.26. The Morgan fingerprint density at radius 1 is 0.969 bits per heavy atom. The highest BCUT2D eigenvalue weighted by Crippen LogP contribution is 2.39. The fourth-order valence-corrected chi connectivity index (χ4v) is 4.65. The minimum absolute atomic E-state index is 0.106. The molecule has 0 saturated heterocycles. The number of fused-ring (bicyclic) bond motifs is 3. The van der Waals surface area contributed by atoms with E-state index < -0.39 is 16.4 Å². The molecule has 0 aliphatic carbocycles. The second-order valence-electron chi connectivity index (χ2n) is 7.56. The van der Waals surface area contributed by atoms with Crippen LogP contribution in [-0.2, 0) is 16.4 Å². The number of rotatable bonds is 5. The summed E-state index contributed by atoms with van der Waals surface area (Å²) in [6, 6.07) is 19.3. The molecule has 6 nitrogen and oxygen atoms in total. The van der Waals surface area contributed by atoms with Crippen LogP contribution in [0.3, 0.4) is 0 Å². The van der Waals surface area contributed by atoms with E-state index in [2.05, 4.69) is 0 Å². The summed E-state index contributed by atoms with van der Waals surface area (Å²) in [5.41, 5.74) is 4.02. The zero-order chi connectivity index (χ0) is 22.5. The molecule has 2 heterocycles. The van der Waals surface area contributed by atoms with E-state index >= 15 is 0 Å². The van der Waals surface area contributed by atoms with E-state index in [4.69, 9.17) is 9.72 Å². The minimum atomic E-state index is -3.26. The molecule has 3 aromatic carbocycles. The molecule has 1 aliphatic rings. The standard InChI is InChI=1S/C23H19F2N3O3S/c1-32(29,30)17-9-6-15(7-10-17)16-8-11-19-18(14-16)26-23-27(19)12-13-28(23)20-4-2-3-5-21(20)31-22(24)25/h2-11,14,22H,12-13H2,1H3. The van der Waals surface area contributed by atoms with E-state index in [1.54, 1.807) is 42.5 Å². The summed E-state index contributed by atoms with van der Waals surface area (Å²) in [6.07, 6.45) is 1.18. The number of hydrogen-bond acceptors (Lipinski definition) is 5. The van der Waals surface area contributed by atoms with Crippen molar-refractivity contribution >= 4 is 32.5 Å². The fourth-order valence-electron chi connectivity index (χ4n) is 4.02. The Labute approximate surface area is 183 Å². The van der Waals surface area contributed by atoms with Crippen molar-refractivity contribution in [3.63, 3.8) is 0 Å². The van der Waals surface area contributed by atoms with Crippen LogP contribution in [0.15, 0.2) is 71.6 Å². The smallest absolute Gasteiger partial charge is 0.387 e. The lowest BCUT2D eigenvalue weighted by molar-refractivity contribution is -0.0494. The van der Waals surface area contributed by atoms with Gasteiger partial charge in [-0.2, -0.15) is 8.78 Å². The van der Waals surface area contributed by atoms with Gasteiger partial charge in [-0.05, 0) is 47.5 Å². The van der Waals surface area contributed by atoms with Crippen molar-refractivity contribution in [3.8, 4) is 16.9 Å². The Balaban J connectivity index is 1.53. The van der Waals surface area contributed by atoms with E-state index in [0.717, 1.165) is 22.2 Å². The number of halogens is 2. The molecule has 0 atom stereocenters. The first-order valence-electron chi connectivity index (χ1n) is 9.93. The first-order chi connectivity index (χ1) is 15.3. The van der Waals surface area contributed by atoms with E-state index in [9.17, 15) is 17.2 Å². The summed E-state index contributed by atoms with van der Waals surface area (Å²) < 4.78 is 55.8. The second kappa shape index (κ2) is 7.59. The van der Waals surface area contributed by atoms with Gasteiger partial charge in [-0.25, -0.2) is 13.4 Å². The number of aromatic nitrogens is 2.